The van der Waals surface area contributed by atoms with Crippen molar-refractivity contribution in [1.82, 2.24) is 15.2 Å². The molecule has 1 aromatic rings. The zero-order valence-corrected chi connectivity index (χ0v) is 16.1. The maximum atomic E-state index is 12.5. The molecule has 2 rings (SSSR count). The SMILES string of the molecule is Cc1noc(C)c1S(=O)(=O)NC(C)C(=O)NC1(C(=O)O)CCC(C)CC1. The van der Waals surface area contributed by atoms with Crippen LogP contribution in [-0.2, 0) is 19.6 Å². The summed E-state index contributed by atoms with van der Waals surface area (Å²) in [4.78, 5) is 24.1. The maximum Gasteiger partial charge on any atom is 0.329 e. The standard InChI is InChI=1S/C16H25N3O6S/c1-9-5-7-16(8-6-9,15(21)22)17-14(20)11(3)19-26(23,24)13-10(2)18-25-12(13)4/h9,11,19H,5-8H2,1-4H3,(H,17,20)(H,21,22). The topological polar surface area (TPSA) is 139 Å². The van der Waals surface area contributed by atoms with Gasteiger partial charge in [0, 0.05) is 0 Å². The highest BCUT2D eigenvalue weighted by molar-refractivity contribution is 7.89. The van der Waals surface area contributed by atoms with Gasteiger partial charge in [-0.3, -0.25) is 4.79 Å². The zero-order valence-electron chi connectivity index (χ0n) is 15.3. The number of nitrogens with zero attached hydrogens (tertiary/aromatic N) is 1. The Labute approximate surface area is 152 Å². The Morgan fingerprint density at radius 3 is 2.35 bits per heavy atom. The van der Waals surface area contributed by atoms with Crippen molar-refractivity contribution in [1.29, 1.82) is 0 Å². The van der Waals surface area contributed by atoms with Crippen LogP contribution in [0, 0.1) is 19.8 Å². The first-order valence-electron chi connectivity index (χ1n) is 8.49. The minimum atomic E-state index is -4.03. The highest BCUT2D eigenvalue weighted by Gasteiger charge is 2.43. The molecule has 3 N–H and O–H groups in total. The summed E-state index contributed by atoms with van der Waals surface area (Å²) in [5, 5.41) is 15.7. The molecule has 1 fully saturated rings. The van der Waals surface area contributed by atoms with Crippen LogP contribution in [0.5, 0.6) is 0 Å². The number of aliphatic carboxylic acids is 1. The maximum absolute atomic E-state index is 12.5. The minimum Gasteiger partial charge on any atom is -0.480 e. The van der Waals surface area contributed by atoms with Crippen LogP contribution >= 0.6 is 0 Å². The number of rotatable bonds is 6. The molecule has 9 nitrogen and oxygen atoms in total. The van der Waals surface area contributed by atoms with Crippen LogP contribution in [0.2, 0.25) is 0 Å². The van der Waals surface area contributed by atoms with Gasteiger partial charge in [0.15, 0.2) is 5.76 Å². The molecule has 26 heavy (non-hydrogen) atoms. The van der Waals surface area contributed by atoms with E-state index in [-0.39, 0.29) is 16.3 Å². The van der Waals surface area contributed by atoms with Crippen molar-refractivity contribution in [2.75, 3.05) is 0 Å². The van der Waals surface area contributed by atoms with Crippen LogP contribution in [0.25, 0.3) is 0 Å². The van der Waals surface area contributed by atoms with Crippen molar-refractivity contribution >= 4 is 21.9 Å². The average Bonchev–Trinajstić information content (AvgIpc) is 2.88. The van der Waals surface area contributed by atoms with Gasteiger partial charge in [0.25, 0.3) is 0 Å². The number of aromatic nitrogens is 1. The van der Waals surface area contributed by atoms with Crippen LogP contribution in [-0.4, -0.2) is 42.1 Å². The first-order chi connectivity index (χ1) is 12.0. The lowest BCUT2D eigenvalue weighted by atomic mass is 9.77. The third kappa shape index (κ3) is 4.07. The number of carbonyl (C=O) groups is 2. The zero-order chi connectivity index (χ0) is 19.7. The van der Waals surface area contributed by atoms with Gasteiger partial charge < -0.3 is 14.9 Å². The lowest BCUT2D eigenvalue weighted by Crippen LogP contribution is -2.60. The third-order valence-electron chi connectivity index (χ3n) is 4.86. The number of carboxylic acid groups (broad SMARTS) is 1. The van der Waals surface area contributed by atoms with Crippen molar-refractivity contribution < 1.29 is 27.6 Å². The van der Waals surface area contributed by atoms with E-state index < -0.39 is 33.5 Å². The molecule has 0 bridgehead atoms. The van der Waals surface area contributed by atoms with E-state index in [2.05, 4.69) is 15.2 Å². The van der Waals surface area contributed by atoms with Gasteiger partial charge in [0.1, 0.15) is 16.1 Å². The molecule has 0 spiro atoms. The first kappa shape index (κ1) is 20.4. The number of hydrogen-bond acceptors (Lipinski definition) is 6. The van der Waals surface area contributed by atoms with Gasteiger partial charge >= 0.3 is 5.97 Å². The summed E-state index contributed by atoms with van der Waals surface area (Å²) in [7, 11) is -4.03. The molecule has 10 heteroatoms. The Morgan fingerprint density at radius 1 is 1.31 bits per heavy atom. The Bertz CT molecular complexity index is 773. The summed E-state index contributed by atoms with van der Waals surface area (Å²) in [6.45, 7) is 6.35. The molecule has 1 unspecified atom stereocenters. The van der Waals surface area contributed by atoms with E-state index >= 15 is 0 Å². The van der Waals surface area contributed by atoms with Crippen LogP contribution in [0.4, 0.5) is 0 Å². The highest BCUT2D eigenvalue weighted by Crippen LogP contribution is 2.32. The van der Waals surface area contributed by atoms with E-state index in [1.54, 1.807) is 0 Å². The second kappa shape index (κ2) is 7.36. The Morgan fingerprint density at radius 2 is 1.88 bits per heavy atom. The van der Waals surface area contributed by atoms with Crippen LogP contribution in [0.3, 0.4) is 0 Å². The van der Waals surface area contributed by atoms with Crippen LogP contribution in [0.15, 0.2) is 9.42 Å². The molecule has 146 valence electrons. The molecule has 1 amide bonds. The van der Waals surface area contributed by atoms with E-state index in [4.69, 9.17) is 4.52 Å². The van der Waals surface area contributed by atoms with Crippen LogP contribution < -0.4 is 10.0 Å². The number of hydrogen-bond donors (Lipinski definition) is 3. The van der Waals surface area contributed by atoms with Crippen molar-refractivity contribution in [3.63, 3.8) is 0 Å². The number of amides is 1. The van der Waals surface area contributed by atoms with Gasteiger partial charge in [-0.25, -0.2) is 13.2 Å². The summed E-state index contributed by atoms with van der Waals surface area (Å²) in [5.74, 6) is -1.27. The van der Waals surface area contributed by atoms with Crippen molar-refractivity contribution in [2.24, 2.45) is 5.92 Å². The minimum absolute atomic E-state index is 0.114. The molecule has 1 aromatic heterocycles. The van der Waals surface area contributed by atoms with Gasteiger partial charge in [-0.1, -0.05) is 12.1 Å². The number of sulfonamides is 1. The molecule has 0 radical (unpaired) electrons. The van der Waals surface area contributed by atoms with E-state index in [0.717, 1.165) is 0 Å². The van der Waals surface area contributed by atoms with E-state index in [9.17, 15) is 23.1 Å². The molecular formula is C16H25N3O6S. The molecule has 0 saturated heterocycles. The Kier molecular flexibility index (Phi) is 5.76. The van der Waals surface area contributed by atoms with Crippen molar-refractivity contribution in [3.05, 3.63) is 11.5 Å². The third-order valence-corrected chi connectivity index (χ3v) is 6.65. The molecule has 1 aliphatic carbocycles. The van der Waals surface area contributed by atoms with Crippen molar-refractivity contribution in [2.45, 2.75) is 69.9 Å². The molecular weight excluding hydrogens is 362 g/mol. The fourth-order valence-corrected chi connectivity index (χ4v) is 4.73. The number of aryl methyl sites for hydroxylation is 2. The first-order valence-corrected chi connectivity index (χ1v) is 9.97. The van der Waals surface area contributed by atoms with Gasteiger partial charge in [-0.2, -0.15) is 4.72 Å². The summed E-state index contributed by atoms with van der Waals surface area (Å²) >= 11 is 0. The number of carboxylic acids is 1. The van der Waals surface area contributed by atoms with E-state index in [1.165, 1.54) is 20.8 Å². The smallest absolute Gasteiger partial charge is 0.329 e. The highest BCUT2D eigenvalue weighted by atomic mass is 32.2. The fourth-order valence-electron chi connectivity index (χ4n) is 3.19. The molecule has 0 aliphatic heterocycles. The predicted octanol–water partition coefficient (Wildman–Crippen LogP) is 1.11. The second-order valence-corrected chi connectivity index (χ2v) is 8.71. The average molecular weight is 387 g/mol. The lowest BCUT2D eigenvalue weighted by Gasteiger charge is -2.37. The second-order valence-electron chi connectivity index (χ2n) is 7.06. The molecule has 1 heterocycles. The molecule has 1 aliphatic rings. The van der Waals surface area contributed by atoms with Gasteiger partial charge in [0.05, 0.1) is 6.04 Å². The van der Waals surface area contributed by atoms with Gasteiger partial charge in [0.2, 0.25) is 15.9 Å². The fraction of sp³-hybridized carbons (Fsp3) is 0.688. The monoisotopic (exact) mass is 387 g/mol. The normalized spacial score (nSPS) is 24.8. The largest absolute Gasteiger partial charge is 0.480 e. The van der Waals surface area contributed by atoms with E-state index in [1.807, 2.05) is 6.92 Å². The molecule has 1 atom stereocenters. The summed E-state index contributed by atoms with van der Waals surface area (Å²) in [6.07, 6.45) is 2.01. The quantitative estimate of drug-likeness (QED) is 0.664. The Balaban J connectivity index is 2.13. The van der Waals surface area contributed by atoms with Gasteiger partial charge in [-0.05, 0) is 52.4 Å². The number of nitrogens with one attached hydrogen (secondary N) is 2. The summed E-state index contributed by atoms with van der Waals surface area (Å²) in [6, 6.07) is -1.15. The lowest BCUT2D eigenvalue weighted by molar-refractivity contribution is -0.149. The summed E-state index contributed by atoms with van der Waals surface area (Å²) in [5.41, 5.74) is -1.17. The molecule has 0 aromatic carbocycles. The van der Waals surface area contributed by atoms with Gasteiger partial charge in [-0.15, -0.1) is 0 Å². The van der Waals surface area contributed by atoms with Crippen LogP contribution in [0.1, 0.15) is 51.0 Å². The summed E-state index contributed by atoms with van der Waals surface area (Å²) < 4.78 is 32.1. The van der Waals surface area contributed by atoms with E-state index in [0.29, 0.717) is 31.6 Å². The molecule has 1 saturated carbocycles. The predicted molar refractivity (Wildman–Crippen MR) is 91.9 cm³/mol. The van der Waals surface area contributed by atoms with Crippen molar-refractivity contribution in [3.8, 4) is 0 Å². The number of carbonyl (C=O) groups excluding carboxylic acids is 1. The Hall–Kier alpha value is -1.94.